The summed E-state index contributed by atoms with van der Waals surface area (Å²) in [5, 5.41) is 0.416. The molecule has 0 spiro atoms. The Morgan fingerprint density at radius 1 is 1.56 bits per heavy atom. The van der Waals surface area contributed by atoms with Crippen LogP contribution in [-0.4, -0.2) is 39.5 Å². The van der Waals surface area contributed by atoms with Gasteiger partial charge in [0, 0.05) is 19.1 Å². The second-order valence-corrected chi connectivity index (χ2v) is 8.93. The van der Waals surface area contributed by atoms with E-state index < -0.39 is 10.0 Å². The van der Waals surface area contributed by atoms with Crippen molar-refractivity contribution >= 4 is 48.9 Å². The quantitative estimate of drug-likeness (QED) is 0.832. The first-order valence-electron chi connectivity index (χ1n) is 5.39. The van der Waals surface area contributed by atoms with E-state index in [9.17, 15) is 8.42 Å². The molecule has 0 atom stereocenters. The number of hydrogen-bond acceptors (Lipinski definition) is 4. The van der Waals surface area contributed by atoms with Gasteiger partial charge in [-0.15, -0.1) is 11.3 Å². The highest BCUT2D eigenvalue weighted by atomic mass is 79.9. The minimum atomic E-state index is -3.46. The van der Waals surface area contributed by atoms with Crippen LogP contribution in [0.5, 0.6) is 0 Å². The van der Waals surface area contributed by atoms with Crippen molar-refractivity contribution in [3.05, 3.63) is 14.9 Å². The van der Waals surface area contributed by atoms with Gasteiger partial charge in [0.1, 0.15) is 4.21 Å². The molecule has 1 aromatic heterocycles. The van der Waals surface area contributed by atoms with E-state index in [4.69, 9.17) is 11.6 Å². The molecule has 0 radical (unpaired) electrons. The molecule has 0 amide bonds. The summed E-state index contributed by atoms with van der Waals surface area (Å²) in [6.45, 7) is 5.16. The fourth-order valence-electron chi connectivity index (χ4n) is 1.14. The molecular formula is C10H16BrClN2O2S2. The van der Waals surface area contributed by atoms with E-state index in [0.717, 1.165) is 11.3 Å². The van der Waals surface area contributed by atoms with Crippen molar-refractivity contribution in [2.45, 2.75) is 24.1 Å². The lowest BCUT2D eigenvalue weighted by molar-refractivity contribution is 0.278. The SMILES string of the molecule is CC(C)N(C)CCNS(=O)(=O)c1cc(Cl)c(Br)s1. The van der Waals surface area contributed by atoms with Gasteiger partial charge >= 0.3 is 0 Å². The van der Waals surface area contributed by atoms with Crippen LogP contribution in [0.4, 0.5) is 0 Å². The molecular weight excluding hydrogens is 360 g/mol. The summed E-state index contributed by atoms with van der Waals surface area (Å²) < 4.78 is 27.3. The Labute approximate surface area is 126 Å². The second-order valence-electron chi connectivity index (χ2n) is 4.16. The number of likely N-dealkylation sites (N-methyl/N-ethyl adjacent to an activating group) is 1. The molecule has 0 saturated carbocycles. The predicted molar refractivity (Wildman–Crippen MR) is 80.0 cm³/mol. The summed E-state index contributed by atoms with van der Waals surface area (Å²) >= 11 is 10.1. The summed E-state index contributed by atoms with van der Waals surface area (Å²) in [4.78, 5) is 2.07. The maximum Gasteiger partial charge on any atom is 0.250 e. The van der Waals surface area contributed by atoms with E-state index >= 15 is 0 Å². The van der Waals surface area contributed by atoms with Crippen LogP contribution in [0.15, 0.2) is 14.1 Å². The average Bonchev–Trinajstić information content (AvgIpc) is 2.59. The van der Waals surface area contributed by atoms with Crippen molar-refractivity contribution in [2.24, 2.45) is 0 Å². The van der Waals surface area contributed by atoms with Crippen molar-refractivity contribution in [1.82, 2.24) is 9.62 Å². The second kappa shape index (κ2) is 6.67. The van der Waals surface area contributed by atoms with Crippen LogP contribution in [-0.2, 0) is 10.0 Å². The summed E-state index contributed by atoms with van der Waals surface area (Å²) in [5.41, 5.74) is 0. The van der Waals surface area contributed by atoms with Gasteiger partial charge in [-0.1, -0.05) is 11.6 Å². The number of rotatable bonds is 6. The van der Waals surface area contributed by atoms with Crippen molar-refractivity contribution in [1.29, 1.82) is 0 Å². The number of hydrogen-bond donors (Lipinski definition) is 1. The van der Waals surface area contributed by atoms with Crippen molar-refractivity contribution in [3.8, 4) is 0 Å². The normalized spacial score (nSPS) is 12.6. The van der Waals surface area contributed by atoms with Crippen molar-refractivity contribution in [3.63, 3.8) is 0 Å². The number of nitrogens with zero attached hydrogens (tertiary/aromatic N) is 1. The maximum atomic E-state index is 12.0. The van der Waals surface area contributed by atoms with E-state index in [1.165, 1.54) is 6.07 Å². The third-order valence-electron chi connectivity index (χ3n) is 2.53. The smallest absolute Gasteiger partial charge is 0.250 e. The lowest BCUT2D eigenvalue weighted by Gasteiger charge is -2.20. The molecule has 1 N–H and O–H groups in total. The molecule has 0 aliphatic carbocycles. The van der Waals surface area contributed by atoms with Crippen molar-refractivity contribution in [2.75, 3.05) is 20.1 Å². The van der Waals surface area contributed by atoms with Crippen LogP contribution < -0.4 is 4.72 Å². The van der Waals surface area contributed by atoms with Crippen LogP contribution in [0, 0.1) is 0 Å². The number of sulfonamides is 1. The van der Waals surface area contributed by atoms with Gasteiger partial charge in [0.05, 0.1) is 8.81 Å². The molecule has 0 saturated heterocycles. The Morgan fingerprint density at radius 2 is 2.17 bits per heavy atom. The zero-order valence-corrected chi connectivity index (χ0v) is 14.4. The van der Waals surface area contributed by atoms with Gasteiger partial charge in [-0.2, -0.15) is 0 Å². The number of halogens is 2. The summed E-state index contributed by atoms with van der Waals surface area (Å²) in [6.07, 6.45) is 0. The minimum Gasteiger partial charge on any atom is -0.303 e. The first-order chi connectivity index (χ1) is 8.24. The highest BCUT2D eigenvalue weighted by Crippen LogP contribution is 2.34. The number of nitrogens with one attached hydrogen (secondary N) is 1. The highest BCUT2D eigenvalue weighted by molar-refractivity contribution is 9.11. The highest BCUT2D eigenvalue weighted by Gasteiger charge is 2.18. The van der Waals surface area contributed by atoms with Crippen LogP contribution >= 0.6 is 38.9 Å². The van der Waals surface area contributed by atoms with E-state index in [0.29, 0.717) is 27.9 Å². The Hall–Kier alpha value is 0.340. The zero-order valence-electron chi connectivity index (χ0n) is 10.4. The van der Waals surface area contributed by atoms with Crippen LogP contribution in [0.1, 0.15) is 13.8 Å². The topological polar surface area (TPSA) is 49.4 Å². The van der Waals surface area contributed by atoms with Crippen LogP contribution in [0.25, 0.3) is 0 Å². The third kappa shape index (κ3) is 4.47. The summed E-state index contributed by atoms with van der Waals surface area (Å²) in [5.74, 6) is 0. The number of thiophene rings is 1. The van der Waals surface area contributed by atoms with E-state index in [2.05, 4.69) is 39.4 Å². The fourth-order valence-corrected chi connectivity index (χ4v) is 4.61. The molecule has 0 aliphatic heterocycles. The maximum absolute atomic E-state index is 12.0. The molecule has 1 heterocycles. The van der Waals surface area contributed by atoms with Gasteiger partial charge in [0.2, 0.25) is 10.0 Å². The molecule has 0 aromatic carbocycles. The fraction of sp³-hybridized carbons (Fsp3) is 0.600. The van der Waals surface area contributed by atoms with Gasteiger partial charge in [0.25, 0.3) is 0 Å². The summed E-state index contributed by atoms with van der Waals surface area (Å²) in [6, 6.07) is 1.84. The lowest BCUT2D eigenvalue weighted by Crippen LogP contribution is -2.35. The molecule has 8 heteroatoms. The standard InChI is InChI=1S/C10H16BrClN2O2S2/c1-7(2)14(3)5-4-13-18(15,16)9-6-8(12)10(11)17-9/h6-7,13H,4-5H2,1-3H3. The Morgan fingerprint density at radius 3 is 2.61 bits per heavy atom. The lowest BCUT2D eigenvalue weighted by atomic mass is 10.3. The molecule has 1 aromatic rings. The molecule has 1 rings (SSSR count). The Kier molecular flexibility index (Phi) is 6.08. The molecule has 18 heavy (non-hydrogen) atoms. The van der Waals surface area contributed by atoms with E-state index in [1.807, 2.05) is 7.05 Å². The summed E-state index contributed by atoms with van der Waals surface area (Å²) in [7, 11) is -1.50. The molecule has 0 fully saturated rings. The monoisotopic (exact) mass is 374 g/mol. The van der Waals surface area contributed by atoms with E-state index in [-0.39, 0.29) is 4.21 Å². The Balaban J connectivity index is 2.61. The molecule has 104 valence electrons. The third-order valence-corrected chi connectivity index (χ3v) is 6.93. The first-order valence-corrected chi connectivity index (χ1v) is 8.86. The zero-order chi connectivity index (χ0) is 13.9. The molecule has 0 bridgehead atoms. The van der Waals surface area contributed by atoms with Crippen LogP contribution in [0.2, 0.25) is 5.02 Å². The molecule has 4 nitrogen and oxygen atoms in total. The minimum absolute atomic E-state index is 0.228. The largest absolute Gasteiger partial charge is 0.303 e. The molecule has 0 aliphatic rings. The Bertz CT molecular complexity index is 482. The van der Waals surface area contributed by atoms with Gasteiger partial charge in [-0.3, -0.25) is 0 Å². The molecule has 0 unspecified atom stereocenters. The van der Waals surface area contributed by atoms with Gasteiger partial charge < -0.3 is 4.90 Å². The first kappa shape index (κ1) is 16.4. The average molecular weight is 376 g/mol. The van der Waals surface area contributed by atoms with E-state index in [1.54, 1.807) is 0 Å². The van der Waals surface area contributed by atoms with Gasteiger partial charge in [-0.25, -0.2) is 13.1 Å². The van der Waals surface area contributed by atoms with Crippen molar-refractivity contribution < 1.29 is 8.42 Å². The van der Waals surface area contributed by atoms with Gasteiger partial charge in [-0.05, 0) is 42.9 Å². The predicted octanol–water partition coefficient (Wildman–Crippen LogP) is 2.78. The van der Waals surface area contributed by atoms with Gasteiger partial charge in [0.15, 0.2) is 0 Å². The van der Waals surface area contributed by atoms with Crippen LogP contribution in [0.3, 0.4) is 0 Å².